The molecular weight excluding hydrogens is 283 g/mol. The highest BCUT2D eigenvalue weighted by Crippen LogP contribution is 2.17. The van der Waals surface area contributed by atoms with Crippen molar-refractivity contribution in [3.63, 3.8) is 0 Å². The molecule has 0 aliphatic carbocycles. The summed E-state index contributed by atoms with van der Waals surface area (Å²) in [6.07, 6.45) is -0.203. The maximum absolute atomic E-state index is 13.2. The number of hydrogen-bond donors (Lipinski definition) is 2. The van der Waals surface area contributed by atoms with Crippen molar-refractivity contribution in [3.05, 3.63) is 46.2 Å². The molecule has 20 heavy (non-hydrogen) atoms. The SMILES string of the molecule is Cc1cc(F)cc(C(=O)Nc2nc(CC(=O)O)cs2)c1. The molecule has 1 amide bonds. The van der Waals surface area contributed by atoms with E-state index in [-0.39, 0.29) is 17.1 Å². The first kappa shape index (κ1) is 14.1. The number of halogens is 1. The van der Waals surface area contributed by atoms with Gasteiger partial charge in [0.15, 0.2) is 5.13 Å². The molecule has 0 saturated carbocycles. The fourth-order valence-electron chi connectivity index (χ4n) is 1.64. The van der Waals surface area contributed by atoms with Crippen LogP contribution in [-0.2, 0) is 11.2 Å². The maximum Gasteiger partial charge on any atom is 0.309 e. The van der Waals surface area contributed by atoms with Gasteiger partial charge in [0.2, 0.25) is 0 Å². The molecule has 0 bridgehead atoms. The van der Waals surface area contributed by atoms with Crippen LogP contribution in [0.1, 0.15) is 21.6 Å². The molecule has 0 aliphatic heterocycles. The predicted molar refractivity (Wildman–Crippen MR) is 72.5 cm³/mol. The minimum absolute atomic E-state index is 0.192. The van der Waals surface area contributed by atoms with Crippen LogP contribution in [0.2, 0.25) is 0 Å². The number of carboxylic acid groups (broad SMARTS) is 1. The number of benzene rings is 1. The summed E-state index contributed by atoms with van der Waals surface area (Å²) in [5.41, 5.74) is 1.20. The van der Waals surface area contributed by atoms with Gasteiger partial charge in [-0.3, -0.25) is 14.9 Å². The van der Waals surface area contributed by atoms with E-state index in [0.717, 1.165) is 17.4 Å². The molecule has 0 atom stereocenters. The summed E-state index contributed by atoms with van der Waals surface area (Å²) in [4.78, 5) is 26.4. The number of aryl methyl sites for hydroxylation is 1. The summed E-state index contributed by atoms with van der Waals surface area (Å²) in [6.45, 7) is 1.69. The van der Waals surface area contributed by atoms with Gasteiger partial charge in [0.05, 0.1) is 12.1 Å². The van der Waals surface area contributed by atoms with Crippen LogP contribution in [0.15, 0.2) is 23.6 Å². The van der Waals surface area contributed by atoms with Gasteiger partial charge in [-0.05, 0) is 30.7 Å². The molecule has 1 aromatic heterocycles. The third kappa shape index (κ3) is 3.61. The number of carbonyl (C=O) groups excluding carboxylic acids is 1. The Kier molecular flexibility index (Phi) is 4.09. The summed E-state index contributed by atoms with van der Waals surface area (Å²) < 4.78 is 13.2. The molecule has 104 valence electrons. The Labute approximate surface area is 118 Å². The van der Waals surface area contributed by atoms with Gasteiger partial charge in [0, 0.05) is 10.9 Å². The number of rotatable bonds is 4. The molecule has 1 heterocycles. The number of anilines is 1. The average molecular weight is 294 g/mol. The van der Waals surface area contributed by atoms with E-state index in [4.69, 9.17) is 5.11 Å². The van der Waals surface area contributed by atoms with Gasteiger partial charge in [0.1, 0.15) is 5.82 Å². The molecule has 0 fully saturated rings. The van der Waals surface area contributed by atoms with Crippen LogP contribution in [0.25, 0.3) is 0 Å². The second-order valence-corrected chi connectivity index (χ2v) is 5.04. The molecule has 7 heteroatoms. The van der Waals surface area contributed by atoms with E-state index in [0.29, 0.717) is 11.3 Å². The summed E-state index contributed by atoms with van der Waals surface area (Å²) in [6, 6.07) is 4.02. The van der Waals surface area contributed by atoms with Crippen LogP contribution in [0.4, 0.5) is 9.52 Å². The summed E-state index contributed by atoms with van der Waals surface area (Å²) >= 11 is 1.12. The molecule has 2 N–H and O–H groups in total. The standard InChI is InChI=1S/C13H11FN2O3S/c1-7-2-8(4-9(14)3-7)12(19)16-13-15-10(6-20-13)5-11(17)18/h2-4,6H,5H2,1H3,(H,17,18)(H,15,16,19). The Hall–Kier alpha value is -2.28. The number of hydrogen-bond acceptors (Lipinski definition) is 4. The van der Waals surface area contributed by atoms with Crippen molar-refractivity contribution in [2.45, 2.75) is 13.3 Å². The number of carboxylic acids is 1. The zero-order valence-corrected chi connectivity index (χ0v) is 11.3. The first-order valence-corrected chi connectivity index (χ1v) is 6.57. The lowest BCUT2D eigenvalue weighted by Gasteiger charge is -2.03. The van der Waals surface area contributed by atoms with Gasteiger partial charge >= 0.3 is 5.97 Å². The lowest BCUT2D eigenvalue weighted by molar-refractivity contribution is -0.136. The number of nitrogens with one attached hydrogen (secondary N) is 1. The van der Waals surface area contributed by atoms with Crippen molar-refractivity contribution in [1.29, 1.82) is 0 Å². The maximum atomic E-state index is 13.2. The van der Waals surface area contributed by atoms with Crippen LogP contribution in [0.3, 0.4) is 0 Å². The van der Waals surface area contributed by atoms with Crippen LogP contribution in [0, 0.1) is 12.7 Å². The largest absolute Gasteiger partial charge is 0.481 e. The Bertz CT molecular complexity index is 649. The predicted octanol–water partition coefficient (Wildman–Crippen LogP) is 2.47. The second-order valence-electron chi connectivity index (χ2n) is 4.19. The molecular formula is C13H11FN2O3S. The molecule has 2 rings (SSSR count). The van der Waals surface area contributed by atoms with Crippen molar-refractivity contribution in [3.8, 4) is 0 Å². The summed E-state index contributed by atoms with van der Waals surface area (Å²) in [5.74, 6) is -1.96. The number of nitrogens with zero attached hydrogens (tertiary/aromatic N) is 1. The van der Waals surface area contributed by atoms with Crippen LogP contribution >= 0.6 is 11.3 Å². The molecule has 0 aliphatic rings. The van der Waals surface area contributed by atoms with Gasteiger partial charge < -0.3 is 5.11 Å². The van der Waals surface area contributed by atoms with Crippen LogP contribution in [-0.4, -0.2) is 22.0 Å². The van der Waals surface area contributed by atoms with E-state index in [1.807, 2.05) is 0 Å². The third-order valence-corrected chi connectivity index (χ3v) is 3.22. The molecule has 1 aromatic carbocycles. The monoisotopic (exact) mass is 294 g/mol. The summed E-state index contributed by atoms with van der Waals surface area (Å²) in [5, 5.41) is 13.0. The Morgan fingerprint density at radius 1 is 1.40 bits per heavy atom. The number of amides is 1. The molecule has 0 spiro atoms. The quantitative estimate of drug-likeness (QED) is 0.908. The normalized spacial score (nSPS) is 10.3. The number of aliphatic carboxylic acids is 1. The van der Waals surface area contributed by atoms with Gasteiger partial charge in [-0.1, -0.05) is 0 Å². The lowest BCUT2D eigenvalue weighted by atomic mass is 10.1. The van der Waals surface area contributed by atoms with Gasteiger partial charge in [-0.15, -0.1) is 11.3 Å². The zero-order chi connectivity index (χ0) is 14.7. The smallest absolute Gasteiger partial charge is 0.309 e. The minimum Gasteiger partial charge on any atom is -0.481 e. The van der Waals surface area contributed by atoms with Crippen LogP contribution in [0.5, 0.6) is 0 Å². The van der Waals surface area contributed by atoms with Gasteiger partial charge in [-0.2, -0.15) is 0 Å². The first-order chi connectivity index (χ1) is 9.44. The minimum atomic E-state index is -0.992. The number of aromatic nitrogens is 1. The molecule has 0 radical (unpaired) electrons. The average Bonchev–Trinajstić information content (AvgIpc) is 2.74. The lowest BCUT2D eigenvalue weighted by Crippen LogP contribution is -2.12. The van der Waals surface area contributed by atoms with Crippen molar-refractivity contribution >= 4 is 28.3 Å². The molecule has 0 saturated heterocycles. The van der Waals surface area contributed by atoms with Crippen molar-refractivity contribution in [1.82, 2.24) is 4.98 Å². The van der Waals surface area contributed by atoms with E-state index in [9.17, 15) is 14.0 Å². The topological polar surface area (TPSA) is 79.3 Å². The molecule has 2 aromatic rings. The van der Waals surface area contributed by atoms with Crippen molar-refractivity contribution in [2.75, 3.05) is 5.32 Å². The zero-order valence-electron chi connectivity index (χ0n) is 10.5. The molecule has 0 unspecified atom stereocenters. The van der Waals surface area contributed by atoms with Gasteiger partial charge in [0.25, 0.3) is 5.91 Å². The number of carbonyl (C=O) groups is 2. The fourth-order valence-corrected chi connectivity index (χ4v) is 2.34. The third-order valence-electron chi connectivity index (χ3n) is 2.41. The Balaban J connectivity index is 2.11. The van der Waals surface area contributed by atoms with E-state index in [1.165, 1.54) is 6.07 Å². The first-order valence-electron chi connectivity index (χ1n) is 5.69. The fraction of sp³-hybridized carbons (Fsp3) is 0.154. The molecule has 5 nitrogen and oxygen atoms in total. The van der Waals surface area contributed by atoms with Gasteiger partial charge in [-0.25, -0.2) is 9.37 Å². The Morgan fingerprint density at radius 2 is 2.15 bits per heavy atom. The van der Waals surface area contributed by atoms with E-state index < -0.39 is 17.7 Å². The number of thiazole rings is 1. The van der Waals surface area contributed by atoms with Crippen LogP contribution < -0.4 is 5.32 Å². The Morgan fingerprint density at radius 3 is 2.80 bits per heavy atom. The highest BCUT2D eigenvalue weighted by molar-refractivity contribution is 7.14. The highest BCUT2D eigenvalue weighted by Gasteiger charge is 2.11. The van der Waals surface area contributed by atoms with E-state index in [1.54, 1.807) is 18.4 Å². The van der Waals surface area contributed by atoms with Crippen molar-refractivity contribution in [2.24, 2.45) is 0 Å². The second kappa shape index (κ2) is 5.79. The van der Waals surface area contributed by atoms with E-state index >= 15 is 0 Å². The van der Waals surface area contributed by atoms with E-state index in [2.05, 4.69) is 10.3 Å². The highest BCUT2D eigenvalue weighted by atomic mass is 32.1. The van der Waals surface area contributed by atoms with Crippen molar-refractivity contribution < 1.29 is 19.1 Å². The summed E-state index contributed by atoms with van der Waals surface area (Å²) in [7, 11) is 0.